The highest BCUT2D eigenvalue weighted by Crippen LogP contribution is 2.31. The van der Waals surface area contributed by atoms with Gasteiger partial charge in [-0.3, -0.25) is 4.79 Å². The minimum atomic E-state index is -0.526. The molecule has 2 aromatic heterocycles. The van der Waals surface area contributed by atoms with E-state index in [1.54, 1.807) is 11.3 Å². The van der Waals surface area contributed by atoms with Crippen LogP contribution in [0.1, 0.15) is 67.4 Å². The third kappa shape index (κ3) is 5.87. The average molecular weight is 533 g/mol. The van der Waals surface area contributed by atoms with Crippen LogP contribution in [-0.4, -0.2) is 39.4 Å². The summed E-state index contributed by atoms with van der Waals surface area (Å²) < 4.78 is 8.56. The fourth-order valence-corrected chi connectivity index (χ4v) is 6.15. The predicted octanol–water partition coefficient (Wildman–Crippen LogP) is 5.76. The van der Waals surface area contributed by atoms with Crippen molar-refractivity contribution in [1.29, 1.82) is 0 Å². The maximum atomic E-state index is 13.6. The van der Waals surface area contributed by atoms with E-state index in [0.717, 1.165) is 57.1 Å². The Kier molecular flexibility index (Phi) is 7.45. The number of carbonyl (C=O) groups excluding carboxylic acids is 2. The van der Waals surface area contributed by atoms with Gasteiger partial charge in [-0.15, -0.1) is 11.3 Å². The summed E-state index contributed by atoms with van der Waals surface area (Å²) in [6, 6.07) is 19.2. The molecule has 8 heteroatoms. The Hall–Kier alpha value is -3.36. The molecule has 2 aromatic carbocycles. The molecule has 0 unspecified atom stereocenters. The molecule has 0 spiro atoms. The normalized spacial score (nSPS) is 18.0. The predicted molar refractivity (Wildman–Crippen MR) is 151 cm³/mol. The molecule has 3 N–H and O–H groups in total. The second-order valence-electron chi connectivity index (χ2n) is 11.0. The maximum Gasteiger partial charge on any atom is 0.407 e. The molecule has 1 saturated carbocycles. The highest BCUT2D eigenvalue weighted by molar-refractivity contribution is 7.19. The fraction of sp³-hybridized carbons (Fsp3) is 0.400. The van der Waals surface area contributed by atoms with Gasteiger partial charge >= 0.3 is 6.09 Å². The highest BCUT2D eigenvalue weighted by Gasteiger charge is 2.27. The van der Waals surface area contributed by atoms with Gasteiger partial charge in [0.25, 0.3) is 5.91 Å². The quantitative estimate of drug-likeness (QED) is 0.294. The number of nitrogens with zero attached hydrogens (tertiary/aromatic N) is 1. The van der Waals surface area contributed by atoms with Gasteiger partial charge in [0.05, 0.1) is 6.61 Å². The first-order chi connectivity index (χ1) is 18.2. The molecule has 7 nitrogen and oxygen atoms in total. The van der Waals surface area contributed by atoms with E-state index >= 15 is 0 Å². The lowest BCUT2D eigenvalue weighted by Gasteiger charge is -2.30. The van der Waals surface area contributed by atoms with Crippen molar-refractivity contribution >= 4 is 44.3 Å². The van der Waals surface area contributed by atoms with E-state index in [9.17, 15) is 14.7 Å². The van der Waals surface area contributed by atoms with Crippen molar-refractivity contribution in [3.8, 4) is 0 Å². The van der Waals surface area contributed by atoms with Crippen LogP contribution in [0.3, 0.4) is 0 Å². The number of ether oxygens (including phenoxy) is 1. The van der Waals surface area contributed by atoms with E-state index in [-0.39, 0.29) is 24.6 Å². The van der Waals surface area contributed by atoms with Crippen LogP contribution in [0.4, 0.5) is 4.79 Å². The number of amides is 2. The van der Waals surface area contributed by atoms with Gasteiger partial charge in [0, 0.05) is 39.1 Å². The molecule has 5 rings (SSSR count). The number of hydrogen-bond donors (Lipinski definition) is 3. The number of hydrogen-bond acceptors (Lipinski definition) is 5. The summed E-state index contributed by atoms with van der Waals surface area (Å²) >= 11 is 1.59. The van der Waals surface area contributed by atoms with Crippen LogP contribution in [0.2, 0.25) is 0 Å². The molecule has 1 fully saturated rings. The van der Waals surface area contributed by atoms with Crippen LogP contribution in [0.5, 0.6) is 0 Å². The van der Waals surface area contributed by atoms with Gasteiger partial charge in [-0.2, -0.15) is 0 Å². The molecule has 0 aliphatic heterocycles. The number of alkyl carbamates (subject to hydrolysis) is 1. The zero-order valence-corrected chi connectivity index (χ0v) is 22.9. The lowest BCUT2D eigenvalue weighted by Crippen LogP contribution is -2.45. The molecule has 2 amide bonds. The minimum Gasteiger partial charge on any atom is -0.444 e. The molecule has 199 valence electrons. The van der Waals surface area contributed by atoms with E-state index < -0.39 is 11.7 Å². The summed E-state index contributed by atoms with van der Waals surface area (Å²) in [5.41, 5.74) is 2.14. The Morgan fingerprint density at radius 1 is 1.11 bits per heavy atom. The lowest BCUT2D eigenvalue weighted by molar-refractivity contribution is 0.0488. The van der Waals surface area contributed by atoms with E-state index in [4.69, 9.17) is 4.74 Å². The van der Waals surface area contributed by atoms with E-state index in [1.165, 1.54) is 0 Å². The van der Waals surface area contributed by atoms with E-state index in [2.05, 4.69) is 33.4 Å². The number of aromatic nitrogens is 1. The molecule has 2 heterocycles. The van der Waals surface area contributed by atoms with Crippen molar-refractivity contribution in [1.82, 2.24) is 15.2 Å². The monoisotopic (exact) mass is 532 g/mol. The Bertz CT molecular complexity index is 1460. The molecule has 1 aliphatic rings. The number of fused-ring (bicyclic) bond motifs is 2. The maximum absolute atomic E-state index is 13.6. The van der Waals surface area contributed by atoms with Crippen molar-refractivity contribution in [3.63, 3.8) is 0 Å². The summed E-state index contributed by atoms with van der Waals surface area (Å²) in [6.07, 6.45) is 2.76. The number of aliphatic hydroxyl groups is 1. The van der Waals surface area contributed by atoms with Gasteiger partial charge in [0.15, 0.2) is 0 Å². The van der Waals surface area contributed by atoms with Crippen LogP contribution in [-0.2, 0) is 17.9 Å². The Labute approximate surface area is 226 Å². The number of rotatable bonds is 6. The third-order valence-electron chi connectivity index (χ3n) is 6.95. The fourth-order valence-electron chi connectivity index (χ4n) is 5.18. The SMILES string of the molecule is CC(C)(C)OC(=O)N[C@H]1CC[C@H](NC(=O)c2cc3cc[c]cc3n2Cc2cccc3sc(CO)cc23)CC1. The average Bonchev–Trinajstić information content (AvgIpc) is 3.46. The van der Waals surface area contributed by atoms with Crippen LogP contribution in [0, 0.1) is 6.07 Å². The third-order valence-corrected chi connectivity index (χ3v) is 8.04. The van der Waals surface area contributed by atoms with Crippen LogP contribution in [0.15, 0.2) is 48.5 Å². The second-order valence-corrected chi connectivity index (χ2v) is 12.1. The molecule has 38 heavy (non-hydrogen) atoms. The van der Waals surface area contributed by atoms with E-state index in [0.29, 0.717) is 12.2 Å². The first kappa shape index (κ1) is 26.3. The number of carbonyl (C=O) groups is 2. The van der Waals surface area contributed by atoms with Crippen molar-refractivity contribution in [2.75, 3.05) is 0 Å². The zero-order valence-electron chi connectivity index (χ0n) is 22.0. The van der Waals surface area contributed by atoms with Gasteiger partial charge in [-0.25, -0.2) is 4.79 Å². The van der Waals surface area contributed by atoms with Crippen LogP contribution < -0.4 is 10.6 Å². The summed E-state index contributed by atoms with van der Waals surface area (Å²) in [5, 5.41) is 17.9. The molecule has 1 aliphatic carbocycles. The van der Waals surface area contributed by atoms with Gasteiger partial charge < -0.3 is 25.0 Å². The van der Waals surface area contributed by atoms with Crippen LogP contribution >= 0.6 is 11.3 Å². The van der Waals surface area contributed by atoms with Crippen molar-refractivity contribution < 1.29 is 19.4 Å². The first-order valence-corrected chi connectivity index (χ1v) is 13.9. The Balaban J connectivity index is 1.31. The van der Waals surface area contributed by atoms with Crippen molar-refractivity contribution in [2.45, 2.75) is 77.3 Å². The number of thiophene rings is 1. The molecule has 4 aromatic rings. The van der Waals surface area contributed by atoms with Crippen molar-refractivity contribution in [3.05, 3.63) is 70.7 Å². The lowest BCUT2D eigenvalue weighted by atomic mass is 9.91. The summed E-state index contributed by atoms with van der Waals surface area (Å²) in [4.78, 5) is 26.6. The molecular weight excluding hydrogens is 498 g/mol. The topological polar surface area (TPSA) is 92.6 Å². The Morgan fingerprint density at radius 2 is 1.84 bits per heavy atom. The molecule has 0 bridgehead atoms. The number of nitrogens with one attached hydrogen (secondary N) is 2. The minimum absolute atomic E-state index is 0.0173. The molecule has 0 saturated heterocycles. The number of aliphatic hydroxyl groups excluding tert-OH is 1. The molecule has 1 radical (unpaired) electrons. The van der Waals surface area contributed by atoms with Gasteiger partial charge in [-0.1, -0.05) is 24.3 Å². The summed E-state index contributed by atoms with van der Waals surface area (Å²) in [6.45, 7) is 6.11. The van der Waals surface area contributed by atoms with Gasteiger partial charge in [-0.05, 0) is 87.7 Å². The highest BCUT2D eigenvalue weighted by atomic mass is 32.1. The molecular formula is C30H34N3O4S. The number of benzene rings is 2. The molecule has 0 atom stereocenters. The smallest absolute Gasteiger partial charge is 0.407 e. The summed E-state index contributed by atoms with van der Waals surface area (Å²) in [5.74, 6) is -0.0988. The van der Waals surface area contributed by atoms with Gasteiger partial charge in [0.2, 0.25) is 0 Å². The Morgan fingerprint density at radius 3 is 2.55 bits per heavy atom. The zero-order chi connectivity index (χ0) is 26.9. The first-order valence-electron chi connectivity index (χ1n) is 13.1. The van der Waals surface area contributed by atoms with Crippen LogP contribution in [0.25, 0.3) is 21.0 Å². The van der Waals surface area contributed by atoms with Crippen molar-refractivity contribution in [2.24, 2.45) is 0 Å². The van der Waals surface area contributed by atoms with Gasteiger partial charge in [0.1, 0.15) is 11.3 Å². The summed E-state index contributed by atoms with van der Waals surface area (Å²) in [7, 11) is 0. The van der Waals surface area contributed by atoms with E-state index in [1.807, 2.05) is 57.2 Å². The standard InChI is InChI=1S/C30H34N3O4S/c1-30(2,3)37-29(36)32-22-13-11-21(12-14-22)31-28(35)26-15-19-7-4-5-9-25(19)33(26)17-20-8-6-10-27-24(20)16-23(18-34)38-27/h4,6-10,15-16,21-22,34H,11-14,17-18H2,1-3H3,(H,31,35)(H,32,36)/t21-,22-. The largest absolute Gasteiger partial charge is 0.444 e. The second kappa shape index (κ2) is 10.8.